The van der Waals surface area contributed by atoms with E-state index < -0.39 is 0 Å². The van der Waals surface area contributed by atoms with E-state index in [0.29, 0.717) is 23.5 Å². The van der Waals surface area contributed by atoms with Crippen LogP contribution in [-0.4, -0.2) is 28.9 Å². The summed E-state index contributed by atoms with van der Waals surface area (Å²) >= 11 is 0. The van der Waals surface area contributed by atoms with Gasteiger partial charge in [-0.05, 0) is 31.0 Å². The predicted octanol–water partition coefficient (Wildman–Crippen LogP) is 4.10. The summed E-state index contributed by atoms with van der Waals surface area (Å²) in [5.74, 6) is 0.321. The topological polar surface area (TPSA) is 45.2 Å². The molecule has 2 rings (SSSR count). The van der Waals surface area contributed by atoms with Crippen molar-refractivity contribution in [2.75, 3.05) is 18.4 Å². The molecule has 4 nitrogen and oxygen atoms in total. The number of nitrogens with zero attached hydrogens (tertiary/aromatic N) is 2. The maximum absolute atomic E-state index is 13.7. The zero-order valence-corrected chi connectivity index (χ0v) is 14.3. The SMILES string of the molecule is CCCN(CCC)C(=O)c1ccnc(NCc2ccccc2F)c1. The van der Waals surface area contributed by atoms with Gasteiger partial charge in [-0.1, -0.05) is 32.0 Å². The van der Waals surface area contributed by atoms with Gasteiger partial charge in [-0.2, -0.15) is 0 Å². The molecule has 0 bridgehead atoms. The van der Waals surface area contributed by atoms with Crippen LogP contribution in [0.1, 0.15) is 42.6 Å². The number of carbonyl (C=O) groups excluding carboxylic acids is 1. The lowest BCUT2D eigenvalue weighted by molar-refractivity contribution is 0.0755. The lowest BCUT2D eigenvalue weighted by Gasteiger charge is -2.21. The Balaban J connectivity index is 2.07. The first-order valence-corrected chi connectivity index (χ1v) is 8.38. The number of carbonyl (C=O) groups is 1. The van der Waals surface area contributed by atoms with Crippen LogP contribution in [-0.2, 0) is 6.54 Å². The van der Waals surface area contributed by atoms with Gasteiger partial charge in [0.1, 0.15) is 11.6 Å². The highest BCUT2D eigenvalue weighted by molar-refractivity contribution is 5.94. The molecule has 0 aliphatic carbocycles. The third-order valence-electron chi connectivity index (χ3n) is 3.70. The highest BCUT2D eigenvalue weighted by Gasteiger charge is 2.14. The molecule has 0 aliphatic rings. The number of benzene rings is 1. The first-order chi connectivity index (χ1) is 11.7. The Labute approximate surface area is 142 Å². The second kappa shape index (κ2) is 9.01. The Kier molecular flexibility index (Phi) is 6.73. The third kappa shape index (κ3) is 4.78. The summed E-state index contributed by atoms with van der Waals surface area (Å²) in [4.78, 5) is 18.7. The largest absolute Gasteiger partial charge is 0.366 e. The molecular weight excluding hydrogens is 305 g/mol. The first-order valence-electron chi connectivity index (χ1n) is 8.38. The van der Waals surface area contributed by atoms with Gasteiger partial charge in [-0.25, -0.2) is 9.37 Å². The van der Waals surface area contributed by atoms with Gasteiger partial charge in [0, 0.05) is 37.0 Å². The van der Waals surface area contributed by atoms with Crippen molar-refractivity contribution in [1.82, 2.24) is 9.88 Å². The fraction of sp³-hybridized carbons (Fsp3) is 0.368. The van der Waals surface area contributed by atoms with Crippen molar-refractivity contribution in [1.29, 1.82) is 0 Å². The summed E-state index contributed by atoms with van der Waals surface area (Å²) in [7, 11) is 0. The molecular formula is C19H24FN3O. The number of anilines is 1. The van der Waals surface area contributed by atoms with Gasteiger partial charge >= 0.3 is 0 Å². The highest BCUT2D eigenvalue weighted by Crippen LogP contribution is 2.13. The number of rotatable bonds is 8. The van der Waals surface area contributed by atoms with Crippen molar-refractivity contribution in [3.63, 3.8) is 0 Å². The van der Waals surface area contributed by atoms with Crippen LogP contribution in [0.2, 0.25) is 0 Å². The average Bonchev–Trinajstić information content (AvgIpc) is 2.60. The number of nitrogens with one attached hydrogen (secondary N) is 1. The van der Waals surface area contributed by atoms with E-state index >= 15 is 0 Å². The summed E-state index contributed by atoms with van der Waals surface area (Å²) in [6.45, 7) is 5.93. The van der Waals surface area contributed by atoms with E-state index in [9.17, 15) is 9.18 Å². The van der Waals surface area contributed by atoms with E-state index in [4.69, 9.17) is 0 Å². The predicted molar refractivity (Wildman–Crippen MR) is 94.4 cm³/mol. The van der Waals surface area contributed by atoms with Crippen LogP contribution in [0.15, 0.2) is 42.6 Å². The number of amides is 1. The molecule has 128 valence electrons. The number of aromatic nitrogens is 1. The van der Waals surface area contributed by atoms with Crippen LogP contribution in [0.3, 0.4) is 0 Å². The van der Waals surface area contributed by atoms with Gasteiger partial charge in [-0.15, -0.1) is 0 Å². The van der Waals surface area contributed by atoms with Crippen LogP contribution >= 0.6 is 0 Å². The molecule has 0 spiro atoms. The molecule has 1 aromatic heterocycles. The quantitative estimate of drug-likeness (QED) is 0.793. The second-order valence-corrected chi connectivity index (χ2v) is 5.67. The van der Waals surface area contributed by atoms with Crippen molar-refractivity contribution in [2.45, 2.75) is 33.2 Å². The monoisotopic (exact) mass is 329 g/mol. The van der Waals surface area contributed by atoms with Crippen LogP contribution in [0, 0.1) is 5.82 Å². The molecule has 0 saturated carbocycles. The Bertz CT molecular complexity index is 669. The molecule has 0 aliphatic heterocycles. The fourth-order valence-corrected chi connectivity index (χ4v) is 2.53. The summed E-state index contributed by atoms with van der Waals surface area (Å²) in [5.41, 5.74) is 1.16. The van der Waals surface area contributed by atoms with Crippen molar-refractivity contribution in [3.05, 3.63) is 59.5 Å². The third-order valence-corrected chi connectivity index (χ3v) is 3.70. The number of pyridine rings is 1. The minimum absolute atomic E-state index is 0.00930. The normalized spacial score (nSPS) is 10.5. The molecule has 1 amide bonds. The van der Waals surface area contributed by atoms with Gasteiger partial charge in [0.05, 0.1) is 0 Å². The van der Waals surface area contributed by atoms with E-state index in [1.165, 1.54) is 6.07 Å². The van der Waals surface area contributed by atoms with Crippen molar-refractivity contribution in [2.24, 2.45) is 0 Å². The lowest BCUT2D eigenvalue weighted by Crippen LogP contribution is -2.32. The summed E-state index contributed by atoms with van der Waals surface area (Å²) < 4.78 is 13.7. The molecule has 0 atom stereocenters. The molecule has 0 radical (unpaired) electrons. The highest BCUT2D eigenvalue weighted by atomic mass is 19.1. The molecule has 2 aromatic rings. The fourth-order valence-electron chi connectivity index (χ4n) is 2.53. The van der Waals surface area contributed by atoms with Crippen LogP contribution in [0.25, 0.3) is 0 Å². The van der Waals surface area contributed by atoms with Crippen molar-refractivity contribution >= 4 is 11.7 Å². The van der Waals surface area contributed by atoms with Gasteiger partial charge < -0.3 is 10.2 Å². The second-order valence-electron chi connectivity index (χ2n) is 5.67. The molecule has 1 heterocycles. The van der Waals surface area contributed by atoms with E-state index in [2.05, 4.69) is 24.1 Å². The van der Waals surface area contributed by atoms with Crippen LogP contribution in [0.5, 0.6) is 0 Å². The minimum atomic E-state index is -0.255. The molecule has 24 heavy (non-hydrogen) atoms. The lowest BCUT2D eigenvalue weighted by atomic mass is 10.2. The van der Waals surface area contributed by atoms with E-state index in [0.717, 1.165) is 25.9 Å². The summed E-state index contributed by atoms with van der Waals surface area (Å²) in [6, 6.07) is 10.0. The Morgan fingerprint density at radius 3 is 2.54 bits per heavy atom. The average molecular weight is 329 g/mol. The number of hydrogen-bond donors (Lipinski definition) is 1. The van der Waals surface area contributed by atoms with E-state index in [1.807, 2.05) is 4.90 Å². The Morgan fingerprint density at radius 2 is 1.88 bits per heavy atom. The number of halogens is 1. The maximum Gasteiger partial charge on any atom is 0.254 e. The van der Waals surface area contributed by atoms with Gasteiger partial charge in [0.25, 0.3) is 5.91 Å². The van der Waals surface area contributed by atoms with E-state index in [-0.39, 0.29) is 11.7 Å². The molecule has 1 N–H and O–H groups in total. The minimum Gasteiger partial charge on any atom is -0.366 e. The number of hydrogen-bond acceptors (Lipinski definition) is 3. The summed E-state index contributed by atoms with van der Waals surface area (Å²) in [6.07, 6.45) is 3.46. The summed E-state index contributed by atoms with van der Waals surface area (Å²) in [5, 5.41) is 3.08. The molecule has 0 saturated heterocycles. The maximum atomic E-state index is 13.7. The van der Waals surface area contributed by atoms with Gasteiger partial charge in [0.15, 0.2) is 0 Å². The van der Waals surface area contributed by atoms with Gasteiger partial charge in [0.2, 0.25) is 0 Å². The molecule has 5 heteroatoms. The molecule has 0 unspecified atom stereocenters. The Morgan fingerprint density at radius 1 is 1.17 bits per heavy atom. The van der Waals surface area contributed by atoms with E-state index in [1.54, 1.807) is 36.5 Å². The first kappa shape index (κ1) is 17.9. The standard InChI is InChI=1S/C19H24FN3O/c1-3-11-23(12-4-2)19(24)15-9-10-21-18(13-15)22-14-16-7-5-6-8-17(16)20/h5-10,13H,3-4,11-12,14H2,1-2H3,(H,21,22). The zero-order chi connectivity index (χ0) is 17.4. The Hall–Kier alpha value is -2.43. The van der Waals surface area contributed by atoms with Crippen LogP contribution < -0.4 is 5.32 Å². The van der Waals surface area contributed by atoms with Gasteiger partial charge in [-0.3, -0.25) is 4.79 Å². The van der Waals surface area contributed by atoms with Crippen molar-refractivity contribution in [3.8, 4) is 0 Å². The zero-order valence-electron chi connectivity index (χ0n) is 14.3. The van der Waals surface area contributed by atoms with Crippen molar-refractivity contribution < 1.29 is 9.18 Å². The molecule has 0 fully saturated rings. The van der Waals surface area contributed by atoms with Crippen LogP contribution in [0.4, 0.5) is 10.2 Å². The molecule has 1 aromatic carbocycles. The smallest absolute Gasteiger partial charge is 0.254 e.